The van der Waals surface area contributed by atoms with Gasteiger partial charge in [-0.15, -0.1) is 0 Å². The Bertz CT molecular complexity index is 1270. The average molecular weight is 446 g/mol. The number of ether oxygens (including phenoxy) is 1. The van der Waals surface area contributed by atoms with Crippen LogP contribution in [0.15, 0.2) is 53.1 Å². The van der Waals surface area contributed by atoms with Crippen LogP contribution in [0.2, 0.25) is 0 Å². The molecule has 1 amide bonds. The van der Waals surface area contributed by atoms with E-state index in [0.29, 0.717) is 24.3 Å². The number of furan rings is 1. The molecule has 1 aliphatic rings. The van der Waals surface area contributed by atoms with Gasteiger partial charge in [0, 0.05) is 38.8 Å². The molecule has 33 heavy (non-hydrogen) atoms. The van der Waals surface area contributed by atoms with Crippen molar-refractivity contribution in [3.8, 4) is 17.0 Å². The number of piperazine rings is 1. The Balaban J connectivity index is 1.44. The number of aromatic nitrogens is 3. The number of hydrogen-bond donors (Lipinski definition) is 0. The molecule has 3 aromatic heterocycles. The number of aryl methyl sites for hydroxylation is 2. The van der Waals surface area contributed by atoms with E-state index < -0.39 is 0 Å². The maximum Gasteiger partial charge on any atom is 0.254 e. The number of hydrogen-bond acceptors (Lipinski definition) is 6. The third kappa shape index (κ3) is 4.09. The summed E-state index contributed by atoms with van der Waals surface area (Å²) in [4.78, 5) is 22.8. The molecule has 0 N–H and O–H groups in total. The molecule has 1 aromatic carbocycles. The highest BCUT2D eigenvalue weighted by Gasteiger charge is 2.26. The van der Waals surface area contributed by atoms with Gasteiger partial charge in [-0.3, -0.25) is 14.4 Å². The minimum atomic E-state index is 0.0194. The Kier molecular flexibility index (Phi) is 5.60. The Morgan fingerprint density at radius 1 is 1.12 bits per heavy atom. The second kappa shape index (κ2) is 8.71. The quantitative estimate of drug-likeness (QED) is 0.468. The molecule has 0 bridgehead atoms. The molecule has 0 unspecified atom stereocenters. The zero-order valence-electron chi connectivity index (χ0n) is 19.1. The first-order valence-electron chi connectivity index (χ1n) is 11.1. The first-order chi connectivity index (χ1) is 16.0. The number of rotatable bonds is 5. The van der Waals surface area contributed by atoms with Crippen molar-refractivity contribution in [2.75, 3.05) is 33.3 Å². The third-order valence-corrected chi connectivity index (χ3v) is 6.20. The van der Waals surface area contributed by atoms with E-state index in [9.17, 15) is 4.79 Å². The number of nitrogens with zero attached hydrogens (tertiary/aromatic N) is 5. The molecule has 0 aliphatic carbocycles. The minimum absolute atomic E-state index is 0.0194. The van der Waals surface area contributed by atoms with Gasteiger partial charge < -0.3 is 14.1 Å². The molecule has 0 radical (unpaired) electrons. The monoisotopic (exact) mass is 445 g/mol. The molecule has 1 fully saturated rings. The summed E-state index contributed by atoms with van der Waals surface area (Å²) < 4.78 is 12.5. The minimum Gasteiger partial charge on any atom is -0.497 e. The van der Waals surface area contributed by atoms with Crippen molar-refractivity contribution in [2.24, 2.45) is 7.05 Å². The maximum atomic E-state index is 13.7. The van der Waals surface area contributed by atoms with Crippen LogP contribution in [0.1, 0.15) is 21.8 Å². The third-order valence-electron chi connectivity index (χ3n) is 6.20. The standard InChI is InChI=1S/C25H27N5O3/c1-17-23-21(25(31)30-12-10-29(11-13-30)16-20-5-4-14-33-20)15-22(26-24(23)28(2)27-17)18-6-8-19(32-3)9-7-18/h4-9,14-15H,10-13,16H2,1-3H3. The lowest BCUT2D eigenvalue weighted by atomic mass is 10.0. The topological polar surface area (TPSA) is 76.6 Å². The van der Waals surface area contributed by atoms with Gasteiger partial charge in [0.25, 0.3) is 5.91 Å². The van der Waals surface area contributed by atoms with E-state index >= 15 is 0 Å². The second-order valence-electron chi connectivity index (χ2n) is 8.34. The Morgan fingerprint density at radius 2 is 1.88 bits per heavy atom. The van der Waals surface area contributed by atoms with Crippen molar-refractivity contribution in [1.82, 2.24) is 24.6 Å². The Labute approximate surface area is 192 Å². The molecule has 1 saturated heterocycles. The van der Waals surface area contributed by atoms with Crippen molar-refractivity contribution in [3.63, 3.8) is 0 Å². The zero-order valence-corrected chi connectivity index (χ0v) is 19.1. The molecular weight excluding hydrogens is 418 g/mol. The first kappa shape index (κ1) is 21.2. The van der Waals surface area contributed by atoms with Crippen LogP contribution in [0.4, 0.5) is 0 Å². The van der Waals surface area contributed by atoms with Crippen LogP contribution in [-0.2, 0) is 13.6 Å². The number of benzene rings is 1. The number of carbonyl (C=O) groups is 1. The molecule has 0 atom stereocenters. The van der Waals surface area contributed by atoms with Crippen molar-refractivity contribution in [2.45, 2.75) is 13.5 Å². The Hall–Kier alpha value is -3.65. The number of methoxy groups -OCH3 is 1. The summed E-state index contributed by atoms with van der Waals surface area (Å²) in [5, 5.41) is 5.36. The van der Waals surface area contributed by atoms with Gasteiger partial charge in [0.05, 0.1) is 42.3 Å². The smallest absolute Gasteiger partial charge is 0.254 e. The number of pyridine rings is 1. The fourth-order valence-electron chi connectivity index (χ4n) is 4.43. The molecule has 4 heterocycles. The molecule has 170 valence electrons. The molecule has 8 heteroatoms. The lowest BCUT2D eigenvalue weighted by molar-refractivity contribution is 0.0622. The van der Waals surface area contributed by atoms with Crippen LogP contribution in [-0.4, -0.2) is 63.8 Å². The van der Waals surface area contributed by atoms with Crippen LogP contribution >= 0.6 is 0 Å². The predicted octanol–water partition coefficient (Wildman–Crippen LogP) is 3.50. The molecule has 0 spiro atoms. The highest BCUT2D eigenvalue weighted by Crippen LogP contribution is 2.29. The highest BCUT2D eigenvalue weighted by molar-refractivity contribution is 6.07. The van der Waals surface area contributed by atoms with Crippen molar-refractivity contribution in [1.29, 1.82) is 0 Å². The number of amides is 1. The summed E-state index contributed by atoms with van der Waals surface area (Å²) in [7, 11) is 3.50. The lowest BCUT2D eigenvalue weighted by Gasteiger charge is -2.34. The summed E-state index contributed by atoms with van der Waals surface area (Å²) in [6.07, 6.45) is 1.69. The summed E-state index contributed by atoms with van der Waals surface area (Å²) in [5.74, 6) is 1.74. The predicted molar refractivity (Wildman–Crippen MR) is 125 cm³/mol. The van der Waals surface area contributed by atoms with Gasteiger partial charge in [0.2, 0.25) is 0 Å². The van der Waals surface area contributed by atoms with Crippen LogP contribution < -0.4 is 4.74 Å². The normalized spacial score (nSPS) is 14.7. The van der Waals surface area contributed by atoms with Gasteiger partial charge >= 0.3 is 0 Å². The van der Waals surface area contributed by atoms with E-state index in [1.807, 2.05) is 61.3 Å². The van der Waals surface area contributed by atoms with E-state index in [1.54, 1.807) is 18.1 Å². The zero-order chi connectivity index (χ0) is 22.9. The Morgan fingerprint density at radius 3 is 2.55 bits per heavy atom. The number of fused-ring (bicyclic) bond motifs is 1. The van der Waals surface area contributed by atoms with E-state index in [2.05, 4.69) is 10.00 Å². The van der Waals surface area contributed by atoms with Gasteiger partial charge in [0.1, 0.15) is 11.5 Å². The molecule has 0 saturated carbocycles. The van der Waals surface area contributed by atoms with Crippen LogP contribution in [0.25, 0.3) is 22.3 Å². The fourth-order valence-corrected chi connectivity index (χ4v) is 4.43. The maximum absolute atomic E-state index is 13.7. The van der Waals surface area contributed by atoms with E-state index in [-0.39, 0.29) is 5.91 Å². The average Bonchev–Trinajstić information content (AvgIpc) is 3.46. The summed E-state index contributed by atoms with van der Waals surface area (Å²) in [5.41, 5.74) is 3.83. The summed E-state index contributed by atoms with van der Waals surface area (Å²) in [6, 6.07) is 13.5. The highest BCUT2D eigenvalue weighted by atomic mass is 16.5. The van der Waals surface area contributed by atoms with Gasteiger partial charge in [-0.05, 0) is 49.4 Å². The van der Waals surface area contributed by atoms with E-state index in [0.717, 1.165) is 53.5 Å². The molecule has 5 rings (SSSR count). The second-order valence-corrected chi connectivity index (χ2v) is 8.34. The van der Waals surface area contributed by atoms with Crippen LogP contribution in [0.5, 0.6) is 5.75 Å². The van der Waals surface area contributed by atoms with Crippen molar-refractivity contribution < 1.29 is 13.9 Å². The van der Waals surface area contributed by atoms with Gasteiger partial charge in [-0.2, -0.15) is 5.10 Å². The summed E-state index contributed by atoms with van der Waals surface area (Å²) >= 11 is 0. The van der Waals surface area contributed by atoms with Gasteiger partial charge in [0.15, 0.2) is 5.65 Å². The first-order valence-corrected chi connectivity index (χ1v) is 11.1. The van der Waals surface area contributed by atoms with Gasteiger partial charge in [-0.25, -0.2) is 4.98 Å². The largest absolute Gasteiger partial charge is 0.497 e. The number of carbonyl (C=O) groups excluding carboxylic acids is 1. The SMILES string of the molecule is COc1ccc(-c2cc(C(=O)N3CCN(Cc4ccco4)CC3)c3c(C)nn(C)c3n2)cc1. The van der Waals surface area contributed by atoms with E-state index in [1.165, 1.54) is 0 Å². The van der Waals surface area contributed by atoms with Crippen molar-refractivity contribution in [3.05, 3.63) is 65.7 Å². The molecule has 8 nitrogen and oxygen atoms in total. The lowest BCUT2D eigenvalue weighted by Crippen LogP contribution is -2.48. The van der Waals surface area contributed by atoms with E-state index in [4.69, 9.17) is 14.1 Å². The van der Waals surface area contributed by atoms with Crippen LogP contribution in [0, 0.1) is 6.92 Å². The fraction of sp³-hybridized carbons (Fsp3) is 0.320. The van der Waals surface area contributed by atoms with Gasteiger partial charge in [-0.1, -0.05) is 0 Å². The van der Waals surface area contributed by atoms with Crippen molar-refractivity contribution >= 4 is 16.9 Å². The van der Waals surface area contributed by atoms with Crippen LogP contribution in [0.3, 0.4) is 0 Å². The molecule has 1 aliphatic heterocycles. The molecule has 4 aromatic rings. The summed E-state index contributed by atoms with van der Waals surface area (Å²) in [6.45, 7) is 5.63. The molecular formula is C25H27N5O3.